The average Bonchev–Trinajstić information content (AvgIpc) is 3.41. The SMILES string of the molecule is Cc1ccc(C)c(OCc2cc(C(=O)N3CCC[C@H]3c3nccs3)no2)c1. The molecule has 0 N–H and O–H groups in total. The first-order chi connectivity index (χ1) is 13.1. The number of aromatic nitrogens is 2. The van der Waals surface area contributed by atoms with E-state index in [0.29, 0.717) is 18.0 Å². The summed E-state index contributed by atoms with van der Waals surface area (Å²) >= 11 is 1.58. The maximum absolute atomic E-state index is 12.9. The molecule has 1 amide bonds. The Morgan fingerprint density at radius 3 is 3.07 bits per heavy atom. The maximum atomic E-state index is 12.9. The zero-order valence-corrected chi connectivity index (χ0v) is 16.2. The van der Waals surface area contributed by atoms with Crippen LogP contribution in [0.1, 0.15) is 51.3 Å². The number of hydrogen-bond acceptors (Lipinski definition) is 6. The molecular weight excluding hydrogens is 362 g/mol. The zero-order chi connectivity index (χ0) is 18.8. The van der Waals surface area contributed by atoms with Crippen LogP contribution in [0.25, 0.3) is 0 Å². The number of ether oxygens (including phenoxy) is 1. The highest BCUT2D eigenvalue weighted by Crippen LogP contribution is 2.34. The van der Waals surface area contributed by atoms with Gasteiger partial charge in [-0.3, -0.25) is 4.79 Å². The molecule has 1 aromatic carbocycles. The van der Waals surface area contributed by atoms with Crippen LogP contribution in [0.15, 0.2) is 40.4 Å². The van der Waals surface area contributed by atoms with Gasteiger partial charge in [0.25, 0.3) is 5.91 Å². The topological polar surface area (TPSA) is 68.5 Å². The van der Waals surface area contributed by atoms with Gasteiger partial charge in [0, 0.05) is 24.2 Å². The molecule has 140 valence electrons. The smallest absolute Gasteiger partial charge is 0.276 e. The van der Waals surface area contributed by atoms with Gasteiger partial charge in [0.1, 0.15) is 17.4 Å². The fourth-order valence-electron chi connectivity index (χ4n) is 3.31. The van der Waals surface area contributed by atoms with E-state index in [1.54, 1.807) is 23.6 Å². The third-order valence-corrected chi connectivity index (χ3v) is 5.62. The molecular formula is C20H21N3O3S. The van der Waals surface area contributed by atoms with Crippen LogP contribution in [0.3, 0.4) is 0 Å². The van der Waals surface area contributed by atoms with Gasteiger partial charge in [-0.2, -0.15) is 0 Å². The summed E-state index contributed by atoms with van der Waals surface area (Å²) in [6, 6.07) is 7.75. The molecule has 0 aliphatic carbocycles. The lowest BCUT2D eigenvalue weighted by atomic mass is 10.1. The van der Waals surface area contributed by atoms with Crippen LogP contribution < -0.4 is 4.74 Å². The molecule has 1 aliphatic rings. The fraction of sp³-hybridized carbons (Fsp3) is 0.350. The second-order valence-electron chi connectivity index (χ2n) is 6.76. The van der Waals surface area contributed by atoms with Crippen molar-refractivity contribution in [3.05, 3.63) is 63.4 Å². The van der Waals surface area contributed by atoms with Crippen molar-refractivity contribution in [1.29, 1.82) is 0 Å². The minimum Gasteiger partial charge on any atom is -0.485 e. The fourth-order valence-corrected chi connectivity index (χ4v) is 4.09. The lowest BCUT2D eigenvalue weighted by Crippen LogP contribution is -2.30. The van der Waals surface area contributed by atoms with Crippen molar-refractivity contribution >= 4 is 17.2 Å². The molecule has 0 radical (unpaired) electrons. The van der Waals surface area contributed by atoms with Crippen LogP contribution in [0.2, 0.25) is 0 Å². The minimum atomic E-state index is -0.116. The van der Waals surface area contributed by atoms with Crippen molar-refractivity contribution in [2.45, 2.75) is 39.3 Å². The predicted molar refractivity (Wildman–Crippen MR) is 102 cm³/mol. The Labute approximate surface area is 161 Å². The number of carbonyl (C=O) groups excluding carboxylic acids is 1. The van der Waals surface area contributed by atoms with E-state index in [1.807, 2.05) is 42.3 Å². The van der Waals surface area contributed by atoms with Gasteiger partial charge in [0.15, 0.2) is 11.5 Å². The van der Waals surface area contributed by atoms with Gasteiger partial charge in [-0.1, -0.05) is 17.3 Å². The van der Waals surface area contributed by atoms with E-state index in [-0.39, 0.29) is 18.6 Å². The van der Waals surface area contributed by atoms with Crippen LogP contribution in [-0.2, 0) is 6.61 Å². The van der Waals surface area contributed by atoms with E-state index in [9.17, 15) is 4.79 Å². The van der Waals surface area contributed by atoms with Gasteiger partial charge >= 0.3 is 0 Å². The number of aryl methyl sites for hydroxylation is 2. The average molecular weight is 383 g/mol. The number of benzene rings is 1. The predicted octanol–water partition coefficient (Wildman–Crippen LogP) is 4.30. The molecule has 6 nitrogen and oxygen atoms in total. The van der Waals surface area contributed by atoms with Crippen molar-refractivity contribution in [1.82, 2.24) is 15.0 Å². The monoisotopic (exact) mass is 383 g/mol. The molecule has 1 fully saturated rings. The first kappa shape index (κ1) is 17.7. The summed E-state index contributed by atoms with van der Waals surface area (Å²) < 4.78 is 11.2. The van der Waals surface area contributed by atoms with Gasteiger partial charge < -0.3 is 14.2 Å². The van der Waals surface area contributed by atoms with Crippen molar-refractivity contribution in [3.8, 4) is 5.75 Å². The summed E-state index contributed by atoms with van der Waals surface area (Å²) in [5.74, 6) is 1.22. The first-order valence-corrected chi connectivity index (χ1v) is 9.86. The van der Waals surface area contributed by atoms with Crippen LogP contribution in [0.5, 0.6) is 5.75 Å². The highest BCUT2D eigenvalue weighted by Gasteiger charge is 2.33. The molecule has 1 aliphatic heterocycles. The van der Waals surface area contributed by atoms with Gasteiger partial charge in [-0.25, -0.2) is 4.98 Å². The third-order valence-electron chi connectivity index (χ3n) is 4.74. The normalized spacial score (nSPS) is 16.7. The molecule has 0 saturated carbocycles. The second kappa shape index (κ2) is 7.52. The van der Waals surface area contributed by atoms with Gasteiger partial charge in [-0.05, 0) is 43.9 Å². The second-order valence-corrected chi connectivity index (χ2v) is 7.69. The van der Waals surface area contributed by atoms with E-state index < -0.39 is 0 Å². The maximum Gasteiger partial charge on any atom is 0.276 e. The van der Waals surface area contributed by atoms with Crippen molar-refractivity contribution in [3.63, 3.8) is 0 Å². The number of amides is 1. The van der Waals surface area contributed by atoms with Crippen LogP contribution in [0.4, 0.5) is 0 Å². The van der Waals surface area contributed by atoms with Gasteiger partial charge in [-0.15, -0.1) is 11.3 Å². The van der Waals surface area contributed by atoms with Crippen molar-refractivity contribution in [2.24, 2.45) is 0 Å². The summed E-state index contributed by atoms with van der Waals surface area (Å²) in [5.41, 5.74) is 2.50. The Kier molecular flexibility index (Phi) is 4.94. The van der Waals surface area contributed by atoms with E-state index in [0.717, 1.165) is 34.7 Å². The van der Waals surface area contributed by atoms with E-state index in [4.69, 9.17) is 9.26 Å². The van der Waals surface area contributed by atoms with Gasteiger partial charge in [0.05, 0.1) is 6.04 Å². The summed E-state index contributed by atoms with van der Waals surface area (Å²) in [6.07, 6.45) is 3.68. The van der Waals surface area contributed by atoms with Gasteiger partial charge in [0.2, 0.25) is 0 Å². The Morgan fingerprint density at radius 2 is 2.26 bits per heavy atom. The molecule has 1 atom stereocenters. The first-order valence-electron chi connectivity index (χ1n) is 8.98. The minimum absolute atomic E-state index is 0.0313. The summed E-state index contributed by atoms with van der Waals surface area (Å²) in [5, 5.41) is 6.88. The van der Waals surface area contributed by atoms with E-state index in [1.165, 1.54) is 0 Å². The Hall–Kier alpha value is -2.67. The third kappa shape index (κ3) is 3.73. The molecule has 27 heavy (non-hydrogen) atoms. The highest BCUT2D eigenvalue weighted by atomic mass is 32.1. The zero-order valence-electron chi connectivity index (χ0n) is 15.3. The van der Waals surface area contributed by atoms with Crippen LogP contribution >= 0.6 is 11.3 Å². The number of thiazole rings is 1. The Balaban J connectivity index is 1.44. The standard InChI is InChI=1S/C20H21N3O3S/c1-13-5-6-14(2)18(10-13)25-12-15-11-16(22-26-15)20(24)23-8-3-4-17(23)19-21-7-9-27-19/h5-7,9-11,17H,3-4,8,12H2,1-2H3/t17-/m0/s1. The quantitative estimate of drug-likeness (QED) is 0.657. The summed E-state index contributed by atoms with van der Waals surface area (Å²) in [6.45, 7) is 4.97. The number of nitrogens with zero attached hydrogens (tertiary/aromatic N) is 3. The Bertz CT molecular complexity index is 936. The molecule has 3 aromatic rings. The molecule has 1 saturated heterocycles. The summed E-state index contributed by atoms with van der Waals surface area (Å²) in [7, 11) is 0. The molecule has 0 unspecified atom stereocenters. The molecule has 4 rings (SSSR count). The molecule has 7 heteroatoms. The molecule has 0 bridgehead atoms. The number of rotatable bonds is 5. The van der Waals surface area contributed by atoms with Crippen molar-refractivity contribution < 1.29 is 14.1 Å². The van der Waals surface area contributed by atoms with Crippen LogP contribution in [0, 0.1) is 13.8 Å². The Morgan fingerprint density at radius 1 is 1.37 bits per heavy atom. The molecule has 0 spiro atoms. The lowest BCUT2D eigenvalue weighted by Gasteiger charge is -2.21. The number of likely N-dealkylation sites (tertiary alicyclic amines) is 1. The van der Waals surface area contributed by atoms with Crippen LogP contribution in [-0.4, -0.2) is 27.5 Å². The van der Waals surface area contributed by atoms with E-state index in [2.05, 4.69) is 10.1 Å². The number of hydrogen-bond donors (Lipinski definition) is 0. The number of carbonyl (C=O) groups is 1. The summed E-state index contributed by atoms with van der Waals surface area (Å²) in [4.78, 5) is 19.1. The highest BCUT2D eigenvalue weighted by molar-refractivity contribution is 7.09. The van der Waals surface area contributed by atoms with Crippen molar-refractivity contribution in [2.75, 3.05) is 6.54 Å². The van der Waals surface area contributed by atoms with E-state index >= 15 is 0 Å². The largest absolute Gasteiger partial charge is 0.485 e. The molecule has 2 aromatic heterocycles. The molecule has 3 heterocycles. The lowest BCUT2D eigenvalue weighted by molar-refractivity contribution is 0.0724.